The van der Waals surface area contributed by atoms with Crippen LogP contribution in [0.15, 0.2) is 68.9 Å². The fourth-order valence-electron chi connectivity index (χ4n) is 2.93. The first-order valence-corrected chi connectivity index (χ1v) is 11.0. The number of amides is 1. The molecule has 3 rings (SSSR count). The van der Waals surface area contributed by atoms with E-state index < -0.39 is 0 Å². The van der Waals surface area contributed by atoms with E-state index in [0.717, 1.165) is 30.4 Å². The number of nitrogens with one attached hydrogen (secondary N) is 3. The van der Waals surface area contributed by atoms with Gasteiger partial charge >= 0.3 is 0 Å². The van der Waals surface area contributed by atoms with Crippen molar-refractivity contribution in [1.82, 2.24) is 16.0 Å². The Morgan fingerprint density at radius 2 is 2.03 bits per heavy atom. The van der Waals surface area contributed by atoms with Gasteiger partial charge in [-0.15, -0.1) is 24.0 Å². The topological polar surface area (TPSA) is 78.7 Å². The second-order valence-corrected chi connectivity index (χ2v) is 7.78. The van der Waals surface area contributed by atoms with E-state index in [4.69, 9.17) is 4.42 Å². The van der Waals surface area contributed by atoms with Gasteiger partial charge in [0.2, 0.25) is 0 Å². The lowest BCUT2D eigenvalue weighted by atomic mass is 10.1. The average molecular weight is 552 g/mol. The van der Waals surface area contributed by atoms with Crippen LogP contribution in [-0.2, 0) is 13.1 Å². The highest BCUT2D eigenvalue weighted by Crippen LogP contribution is 2.17. The van der Waals surface area contributed by atoms with Crippen LogP contribution in [-0.4, -0.2) is 25.0 Å². The smallest absolute Gasteiger partial charge is 0.251 e. The second-order valence-electron chi connectivity index (χ2n) is 7.00. The van der Waals surface area contributed by atoms with Gasteiger partial charge in [-0.2, -0.15) is 11.3 Å². The van der Waals surface area contributed by atoms with Gasteiger partial charge in [-0.3, -0.25) is 4.79 Å². The molecule has 3 aromatic rings. The Kier molecular flexibility index (Phi) is 10.6. The maximum Gasteiger partial charge on any atom is 0.251 e. The molecule has 31 heavy (non-hydrogen) atoms. The third kappa shape index (κ3) is 8.02. The molecule has 0 aliphatic carbocycles. The number of hydrogen-bond acceptors (Lipinski definition) is 4. The third-order valence-electron chi connectivity index (χ3n) is 4.64. The number of benzene rings is 1. The van der Waals surface area contributed by atoms with Crippen molar-refractivity contribution in [3.63, 3.8) is 0 Å². The largest absolute Gasteiger partial charge is 0.467 e. The van der Waals surface area contributed by atoms with E-state index in [2.05, 4.69) is 44.7 Å². The quantitative estimate of drug-likeness (QED) is 0.204. The van der Waals surface area contributed by atoms with E-state index in [1.807, 2.05) is 31.2 Å². The summed E-state index contributed by atoms with van der Waals surface area (Å²) < 4.78 is 5.25. The van der Waals surface area contributed by atoms with Gasteiger partial charge in [0.15, 0.2) is 5.96 Å². The number of thiophene rings is 1. The number of carbonyl (C=O) groups is 1. The first kappa shape index (κ1) is 24.9. The van der Waals surface area contributed by atoms with Crippen molar-refractivity contribution in [3.05, 3.63) is 81.9 Å². The molecule has 2 aromatic heterocycles. The standard InChI is InChI=1S/C23H28N4O2S.HI/c1-3-24-23(26-13-17(2)20-9-11-30-16-20)27-14-18-6-4-7-19(12-18)22(28)25-15-21-8-5-10-29-21;/h4-12,16-17H,3,13-15H2,1-2H3,(H,25,28)(H2,24,26,27);1H. The van der Waals surface area contributed by atoms with Gasteiger partial charge in [-0.1, -0.05) is 19.1 Å². The molecule has 0 aliphatic rings. The Labute approximate surface area is 204 Å². The van der Waals surface area contributed by atoms with Crippen molar-refractivity contribution in [3.8, 4) is 0 Å². The molecule has 0 radical (unpaired) electrons. The average Bonchev–Trinajstić information content (AvgIpc) is 3.48. The molecule has 1 unspecified atom stereocenters. The highest BCUT2D eigenvalue weighted by atomic mass is 127. The molecule has 1 aromatic carbocycles. The minimum atomic E-state index is -0.133. The van der Waals surface area contributed by atoms with Crippen molar-refractivity contribution in [2.45, 2.75) is 32.9 Å². The van der Waals surface area contributed by atoms with Crippen molar-refractivity contribution in [2.24, 2.45) is 4.99 Å². The Morgan fingerprint density at radius 1 is 1.16 bits per heavy atom. The molecule has 0 aliphatic heterocycles. The molecule has 0 spiro atoms. The molecular formula is C23H29IN4O2S. The summed E-state index contributed by atoms with van der Waals surface area (Å²) in [7, 11) is 0. The predicted molar refractivity (Wildman–Crippen MR) is 137 cm³/mol. The molecule has 6 nitrogen and oxygen atoms in total. The first-order valence-electron chi connectivity index (χ1n) is 10.1. The Bertz CT molecular complexity index is 942. The van der Waals surface area contributed by atoms with Crippen LogP contribution < -0.4 is 16.0 Å². The van der Waals surface area contributed by atoms with Crippen LogP contribution in [0.3, 0.4) is 0 Å². The highest BCUT2D eigenvalue weighted by Gasteiger charge is 2.09. The number of rotatable bonds is 9. The van der Waals surface area contributed by atoms with Crippen molar-refractivity contribution in [1.29, 1.82) is 0 Å². The van der Waals surface area contributed by atoms with E-state index in [0.29, 0.717) is 24.6 Å². The molecule has 3 N–H and O–H groups in total. The van der Waals surface area contributed by atoms with Crippen LogP contribution in [0.25, 0.3) is 0 Å². The molecule has 0 fully saturated rings. The number of guanidine groups is 1. The van der Waals surface area contributed by atoms with Gasteiger partial charge in [-0.25, -0.2) is 4.99 Å². The first-order chi connectivity index (χ1) is 14.7. The number of carbonyl (C=O) groups excluding carboxylic acids is 1. The van der Waals surface area contributed by atoms with Crippen molar-refractivity contribution < 1.29 is 9.21 Å². The monoisotopic (exact) mass is 552 g/mol. The van der Waals surface area contributed by atoms with E-state index in [1.165, 1.54) is 5.56 Å². The van der Waals surface area contributed by atoms with E-state index >= 15 is 0 Å². The zero-order valence-corrected chi connectivity index (χ0v) is 20.9. The molecule has 0 saturated carbocycles. The van der Waals surface area contributed by atoms with Crippen molar-refractivity contribution in [2.75, 3.05) is 13.1 Å². The van der Waals surface area contributed by atoms with Gasteiger partial charge in [0.25, 0.3) is 5.91 Å². The van der Waals surface area contributed by atoms with Gasteiger partial charge in [0.05, 0.1) is 19.4 Å². The molecule has 0 saturated heterocycles. The van der Waals surface area contributed by atoms with Crippen LogP contribution in [0.4, 0.5) is 0 Å². The minimum absolute atomic E-state index is 0. The summed E-state index contributed by atoms with van der Waals surface area (Å²) in [5.41, 5.74) is 2.92. The van der Waals surface area contributed by atoms with Crippen molar-refractivity contribution >= 4 is 47.2 Å². The lowest BCUT2D eigenvalue weighted by Gasteiger charge is -2.15. The van der Waals surface area contributed by atoms with Crippen LogP contribution >= 0.6 is 35.3 Å². The van der Waals surface area contributed by atoms with Gasteiger partial charge < -0.3 is 20.4 Å². The molecule has 166 valence electrons. The Morgan fingerprint density at radius 3 is 2.74 bits per heavy atom. The third-order valence-corrected chi connectivity index (χ3v) is 5.35. The van der Waals surface area contributed by atoms with Crippen LogP contribution in [0.1, 0.15) is 47.0 Å². The lowest BCUT2D eigenvalue weighted by molar-refractivity contribution is 0.0948. The predicted octanol–water partition coefficient (Wildman–Crippen LogP) is 4.75. The summed E-state index contributed by atoms with van der Waals surface area (Å²) >= 11 is 1.71. The number of nitrogens with zero attached hydrogens (tertiary/aromatic N) is 1. The lowest BCUT2D eigenvalue weighted by Crippen LogP contribution is -2.39. The Balaban J connectivity index is 0.00000341. The fraction of sp³-hybridized carbons (Fsp3) is 0.304. The fourth-order valence-corrected chi connectivity index (χ4v) is 3.71. The normalized spacial score (nSPS) is 12.0. The van der Waals surface area contributed by atoms with Gasteiger partial charge in [0.1, 0.15) is 5.76 Å². The number of furan rings is 1. The molecular weight excluding hydrogens is 523 g/mol. The summed E-state index contributed by atoms with van der Waals surface area (Å²) in [4.78, 5) is 17.1. The van der Waals surface area contributed by atoms with Gasteiger partial charge in [0, 0.05) is 18.7 Å². The maximum absolute atomic E-state index is 12.4. The number of aliphatic imine (C=N–C) groups is 1. The second kappa shape index (κ2) is 13.2. The summed E-state index contributed by atoms with van der Waals surface area (Å²) in [6, 6.07) is 13.3. The summed E-state index contributed by atoms with van der Waals surface area (Å²) in [6.45, 7) is 6.69. The highest BCUT2D eigenvalue weighted by molar-refractivity contribution is 14.0. The Hall–Kier alpha value is -2.33. The zero-order chi connectivity index (χ0) is 21.2. The van der Waals surface area contributed by atoms with Crippen LogP contribution in [0.2, 0.25) is 0 Å². The molecule has 8 heteroatoms. The maximum atomic E-state index is 12.4. The SMILES string of the molecule is CCNC(=NCc1cccc(C(=O)NCc2ccco2)c1)NCC(C)c1ccsc1.I. The van der Waals surface area contributed by atoms with Crippen LogP contribution in [0.5, 0.6) is 0 Å². The summed E-state index contributed by atoms with van der Waals surface area (Å²) in [5.74, 6) is 1.77. The summed E-state index contributed by atoms with van der Waals surface area (Å²) in [5, 5.41) is 13.8. The molecule has 1 amide bonds. The molecule has 2 heterocycles. The number of halogens is 1. The van der Waals surface area contributed by atoms with Gasteiger partial charge in [-0.05, 0) is 65.1 Å². The minimum Gasteiger partial charge on any atom is -0.467 e. The van der Waals surface area contributed by atoms with E-state index in [9.17, 15) is 4.79 Å². The van der Waals surface area contributed by atoms with Crippen LogP contribution in [0, 0.1) is 0 Å². The molecule has 1 atom stereocenters. The van der Waals surface area contributed by atoms with E-state index in [1.54, 1.807) is 29.7 Å². The molecule has 0 bridgehead atoms. The summed E-state index contributed by atoms with van der Waals surface area (Å²) in [6.07, 6.45) is 1.59. The number of hydrogen-bond donors (Lipinski definition) is 3. The zero-order valence-electron chi connectivity index (χ0n) is 17.8. The van der Waals surface area contributed by atoms with E-state index in [-0.39, 0.29) is 29.9 Å².